The number of para-hydroxylation sites is 1. The fourth-order valence-corrected chi connectivity index (χ4v) is 5.11. The van der Waals surface area contributed by atoms with E-state index >= 15 is 0 Å². The van der Waals surface area contributed by atoms with Gasteiger partial charge in [-0.3, -0.25) is 4.98 Å². The molecule has 134 valence electrons. The van der Waals surface area contributed by atoms with Gasteiger partial charge < -0.3 is 10.6 Å². The smallest absolute Gasteiger partial charge is 0.245 e. The molecular weight excluding hydrogens is 383 g/mol. The van der Waals surface area contributed by atoms with Crippen LogP contribution in [0.3, 0.4) is 0 Å². The first kappa shape index (κ1) is 18.3. The van der Waals surface area contributed by atoms with Gasteiger partial charge in [-0.05, 0) is 18.6 Å². The summed E-state index contributed by atoms with van der Waals surface area (Å²) in [6, 6.07) is 6.51. The van der Waals surface area contributed by atoms with Crippen LogP contribution in [0.1, 0.15) is 6.42 Å². The van der Waals surface area contributed by atoms with E-state index in [1.54, 1.807) is 18.2 Å². The number of nitrogens with two attached hydrogens (primary N) is 1. The first-order valence-electron chi connectivity index (χ1n) is 7.80. The van der Waals surface area contributed by atoms with Gasteiger partial charge in [-0.1, -0.05) is 35.3 Å². The molecule has 2 N–H and O–H groups in total. The molecule has 6 nitrogen and oxygen atoms in total. The zero-order chi connectivity index (χ0) is 18.0. The molecule has 1 fully saturated rings. The molecule has 1 aliphatic rings. The number of hydrogen-bond donors (Lipinski definition) is 1. The number of benzene rings is 1. The van der Waals surface area contributed by atoms with Crippen molar-refractivity contribution >= 4 is 44.6 Å². The summed E-state index contributed by atoms with van der Waals surface area (Å²) in [7, 11) is -3.64. The molecule has 9 heteroatoms. The molecule has 1 saturated heterocycles. The lowest BCUT2D eigenvalue weighted by atomic mass is 10.3. The van der Waals surface area contributed by atoms with Crippen molar-refractivity contribution in [3.63, 3.8) is 0 Å². The van der Waals surface area contributed by atoms with Gasteiger partial charge in [0, 0.05) is 38.6 Å². The van der Waals surface area contributed by atoms with Crippen LogP contribution >= 0.6 is 23.2 Å². The average molecular weight is 401 g/mol. The van der Waals surface area contributed by atoms with Gasteiger partial charge in [0.15, 0.2) is 0 Å². The molecule has 0 unspecified atom stereocenters. The number of anilines is 2. The zero-order valence-electron chi connectivity index (χ0n) is 13.4. The van der Waals surface area contributed by atoms with Gasteiger partial charge >= 0.3 is 0 Å². The number of pyridine rings is 1. The van der Waals surface area contributed by atoms with E-state index in [1.807, 2.05) is 4.90 Å². The molecule has 0 spiro atoms. The zero-order valence-corrected chi connectivity index (χ0v) is 15.7. The Morgan fingerprint density at radius 3 is 2.36 bits per heavy atom. The van der Waals surface area contributed by atoms with Crippen LogP contribution in [0, 0.1) is 0 Å². The van der Waals surface area contributed by atoms with Gasteiger partial charge in [0.25, 0.3) is 0 Å². The van der Waals surface area contributed by atoms with Crippen LogP contribution in [0.25, 0.3) is 0 Å². The third-order valence-electron chi connectivity index (χ3n) is 4.14. The minimum atomic E-state index is -3.64. The number of hydrogen-bond acceptors (Lipinski definition) is 5. The van der Waals surface area contributed by atoms with Gasteiger partial charge in [-0.25, -0.2) is 8.42 Å². The highest BCUT2D eigenvalue weighted by atomic mass is 35.5. The van der Waals surface area contributed by atoms with Crippen molar-refractivity contribution in [2.45, 2.75) is 11.3 Å². The lowest BCUT2D eigenvalue weighted by Gasteiger charge is -2.25. The van der Waals surface area contributed by atoms with E-state index in [4.69, 9.17) is 28.9 Å². The maximum Gasteiger partial charge on any atom is 0.245 e. The second kappa shape index (κ2) is 7.37. The standard InChI is InChI=1S/C16H18Cl2N4O2S/c17-12-10-20-11-13(18)16(12)21-6-3-7-22(9-8-21)25(23,24)15-5-2-1-4-14(15)19/h1-2,4-5,10-11H,3,6-9,19H2. The summed E-state index contributed by atoms with van der Waals surface area (Å²) >= 11 is 12.4. The van der Waals surface area contributed by atoms with E-state index in [0.29, 0.717) is 48.3 Å². The van der Waals surface area contributed by atoms with Gasteiger partial charge in [-0.2, -0.15) is 4.31 Å². The SMILES string of the molecule is Nc1ccccc1S(=O)(=O)N1CCCN(c2c(Cl)cncc2Cl)CC1. The summed E-state index contributed by atoms with van der Waals surface area (Å²) in [4.78, 5) is 6.09. The molecule has 3 rings (SSSR count). The number of aromatic nitrogens is 1. The van der Waals surface area contributed by atoms with Crippen LogP contribution in [0.2, 0.25) is 10.0 Å². The predicted molar refractivity (Wildman–Crippen MR) is 101 cm³/mol. The fraction of sp³-hybridized carbons (Fsp3) is 0.312. The predicted octanol–water partition coefficient (Wildman–Crippen LogP) is 2.87. The Morgan fingerprint density at radius 2 is 1.68 bits per heavy atom. The minimum Gasteiger partial charge on any atom is -0.398 e. The third kappa shape index (κ3) is 3.69. The lowest BCUT2D eigenvalue weighted by molar-refractivity contribution is 0.433. The molecular formula is C16H18Cl2N4O2S. The maximum atomic E-state index is 12.9. The van der Waals surface area contributed by atoms with Crippen molar-refractivity contribution in [3.8, 4) is 0 Å². The molecule has 0 radical (unpaired) electrons. The topological polar surface area (TPSA) is 79.5 Å². The number of rotatable bonds is 3. The monoisotopic (exact) mass is 400 g/mol. The Bertz CT molecular complexity index is 856. The Kier molecular flexibility index (Phi) is 5.38. The number of nitrogens with zero attached hydrogens (tertiary/aromatic N) is 3. The van der Waals surface area contributed by atoms with Crippen molar-refractivity contribution in [1.29, 1.82) is 0 Å². The van der Waals surface area contributed by atoms with Crippen LogP contribution in [0.5, 0.6) is 0 Å². The highest BCUT2D eigenvalue weighted by molar-refractivity contribution is 7.89. The van der Waals surface area contributed by atoms with Crippen molar-refractivity contribution in [2.75, 3.05) is 36.8 Å². The molecule has 0 amide bonds. The van der Waals surface area contributed by atoms with Crippen molar-refractivity contribution in [1.82, 2.24) is 9.29 Å². The fourth-order valence-electron chi connectivity index (χ4n) is 2.92. The average Bonchev–Trinajstić information content (AvgIpc) is 2.81. The van der Waals surface area contributed by atoms with Crippen LogP contribution in [0.15, 0.2) is 41.6 Å². The lowest BCUT2D eigenvalue weighted by Crippen LogP contribution is -2.35. The van der Waals surface area contributed by atoms with Gasteiger partial charge in [0.1, 0.15) is 4.90 Å². The molecule has 1 aliphatic heterocycles. The van der Waals surface area contributed by atoms with Crippen molar-refractivity contribution < 1.29 is 8.42 Å². The van der Waals surface area contributed by atoms with E-state index in [1.165, 1.54) is 22.8 Å². The molecule has 0 atom stereocenters. The van der Waals surface area contributed by atoms with Crippen molar-refractivity contribution in [2.24, 2.45) is 0 Å². The van der Waals surface area contributed by atoms with E-state index in [9.17, 15) is 8.42 Å². The molecule has 25 heavy (non-hydrogen) atoms. The molecule has 0 bridgehead atoms. The highest BCUT2D eigenvalue weighted by Gasteiger charge is 2.29. The first-order valence-corrected chi connectivity index (χ1v) is 9.99. The van der Waals surface area contributed by atoms with E-state index in [-0.39, 0.29) is 10.6 Å². The van der Waals surface area contributed by atoms with Crippen LogP contribution in [-0.2, 0) is 10.0 Å². The Morgan fingerprint density at radius 1 is 1.00 bits per heavy atom. The first-order chi connectivity index (χ1) is 11.9. The molecule has 2 heterocycles. The highest BCUT2D eigenvalue weighted by Crippen LogP contribution is 2.33. The van der Waals surface area contributed by atoms with E-state index < -0.39 is 10.0 Å². The Hall–Kier alpha value is -1.54. The molecule has 0 saturated carbocycles. The Labute approximate surface area is 157 Å². The molecule has 1 aromatic carbocycles. The number of halogens is 2. The largest absolute Gasteiger partial charge is 0.398 e. The van der Waals surface area contributed by atoms with Crippen LogP contribution in [0.4, 0.5) is 11.4 Å². The summed E-state index contributed by atoms with van der Waals surface area (Å²) in [5.41, 5.74) is 6.80. The Balaban J connectivity index is 1.84. The van der Waals surface area contributed by atoms with E-state index in [0.717, 1.165) is 0 Å². The summed E-state index contributed by atoms with van der Waals surface area (Å²) in [6.07, 6.45) is 3.72. The van der Waals surface area contributed by atoms with Crippen LogP contribution < -0.4 is 10.6 Å². The molecule has 2 aromatic rings. The van der Waals surface area contributed by atoms with Crippen molar-refractivity contribution in [3.05, 3.63) is 46.7 Å². The second-order valence-corrected chi connectivity index (χ2v) is 8.46. The van der Waals surface area contributed by atoms with Gasteiger partial charge in [0.05, 0.1) is 21.4 Å². The summed E-state index contributed by atoms with van der Waals surface area (Å²) in [5, 5.41) is 0.909. The van der Waals surface area contributed by atoms with E-state index in [2.05, 4.69) is 4.98 Å². The minimum absolute atomic E-state index is 0.142. The molecule has 0 aliphatic carbocycles. The second-order valence-electron chi connectivity index (χ2n) is 5.73. The number of sulfonamides is 1. The van der Waals surface area contributed by atoms with Gasteiger partial charge in [0.2, 0.25) is 10.0 Å². The van der Waals surface area contributed by atoms with Gasteiger partial charge in [-0.15, -0.1) is 0 Å². The quantitative estimate of drug-likeness (QED) is 0.801. The maximum absolute atomic E-state index is 12.9. The number of nitrogen functional groups attached to an aromatic ring is 1. The third-order valence-corrected chi connectivity index (χ3v) is 6.66. The normalized spacial score (nSPS) is 16.6. The summed E-state index contributed by atoms with van der Waals surface area (Å²) in [5.74, 6) is 0. The summed E-state index contributed by atoms with van der Waals surface area (Å²) < 4.78 is 27.3. The van der Waals surface area contributed by atoms with Crippen LogP contribution in [-0.4, -0.2) is 43.9 Å². The summed E-state index contributed by atoms with van der Waals surface area (Å²) in [6.45, 7) is 1.87. The molecule has 1 aromatic heterocycles.